The molecular formula is C10H9N3O2. The van der Waals surface area contributed by atoms with Crippen molar-refractivity contribution in [3.05, 3.63) is 29.6 Å². The Hall–Kier alpha value is -2.22. The van der Waals surface area contributed by atoms with Crippen molar-refractivity contribution in [2.24, 2.45) is 5.16 Å². The van der Waals surface area contributed by atoms with Crippen LogP contribution < -0.4 is 0 Å². The van der Waals surface area contributed by atoms with Gasteiger partial charge in [0, 0.05) is 13.1 Å². The molecule has 0 aliphatic heterocycles. The summed E-state index contributed by atoms with van der Waals surface area (Å²) in [5, 5.41) is 12.3. The third-order valence-corrected chi connectivity index (χ3v) is 1.58. The lowest BCUT2D eigenvalue weighted by Crippen LogP contribution is -2.04. The van der Waals surface area contributed by atoms with Gasteiger partial charge in [0.1, 0.15) is 17.5 Å². The molecule has 0 aromatic carbocycles. The molecule has 0 aliphatic rings. The van der Waals surface area contributed by atoms with Crippen LogP contribution in [0.1, 0.15) is 25.1 Å². The Labute approximate surface area is 87.0 Å². The van der Waals surface area contributed by atoms with E-state index in [0.29, 0.717) is 17.0 Å². The predicted octanol–water partition coefficient (Wildman–Crippen LogP) is 1.24. The van der Waals surface area contributed by atoms with Gasteiger partial charge in [0.05, 0.1) is 5.56 Å². The van der Waals surface area contributed by atoms with Crippen molar-refractivity contribution in [1.29, 1.82) is 5.26 Å². The third-order valence-electron chi connectivity index (χ3n) is 1.58. The van der Waals surface area contributed by atoms with Gasteiger partial charge in [-0.2, -0.15) is 5.26 Å². The van der Waals surface area contributed by atoms with E-state index in [9.17, 15) is 4.79 Å². The van der Waals surface area contributed by atoms with Crippen molar-refractivity contribution < 1.29 is 9.63 Å². The molecule has 0 amide bonds. The molecule has 15 heavy (non-hydrogen) atoms. The second-order valence-electron chi connectivity index (χ2n) is 2.77. The van der Waals surface area contributed by atoms with Crippen LogP contribution >= 0.6 is 0 Å². The van der Waals surface area contributed by atoms with E-state index < -0.39 is 5.97 Å². The number of pyridine rings is 1. The van der Waals surface area contributed by atoms with Crippen LogP contribution in [0.15, 0.2) is 23.5 Å². The van der Waals surface area contributed by atoms with Crippen LogP contribution in [0.3, 0.4) is 0 Å². The summed E-state index contributed by atoms with van der Waals surface area (Å²) in [4.78, 5) is 19.0. The van der Waals surface area contributed by atoms with E-state index >= 15 is 0 Å². The lowest BCUT2D eigenvalue weighted by Gasteiger charge is -2.00. The second kappa shape index (κ2) is 4.86. The highest BCUT2D eigenvalue weighted by atomic mass is 16.7. The molecule has 5 nitrogen and oxygen atoms in total. The van der Waals surface area contributed by atoms with Crippen LogP contribution in [0.2, 0.25) is 0 Å². The molecule has 76 valence electrons. The summed E-state index contributed by atoms with van der Waals surface area (Å²) >= 11 is 0. The van der Waals surface area contributed by atoms with Gasteiger partial charge in [0.15, 0.2) is 0 Å². The number of carbonyl (C=O) groups excluding carboxylic acids is 1. The lowest BCUT2D eigenvalue weighted by molar-refractivity contribution is -0.140. The molecule has 0 saturated heterocycles. The van der Waals surface area contributed by atoms with Gasteiger partial charge >= 0.3 is 5.97 Å². The van der Waals surface area contributed by atoms with Crippen molar-refractivity contribution in [2.75, 3.05) is 0 Å². The first-order valence-corrected chi connectivity index (χ1v) is 4.23. The van der Waals surface area contributed by atoms with E-state index in [1.807, 2.05) is 6.07 Å². The summed E-state index contributed by atoms with van der Waals surface area (Å²) in [7, 11) is 0. The molecule has 1 aromatic heterocycles. The molecular weight excluding hydrogens is 194 g/mol. The normalized spacial score (nSPS) is 10.6. The summed E-state index contributed by atoms with van der Waals surface area (Å²) < 4.78 is 0. The van der Waals surface area contributed by atoms with Gasteiger partial charge in [0.2, 0.25) is 0 Å². The number of nitriles is 1. The van der Waals surface area contributed by atoms with Crippen LogP contribution in [0, 0.1) is 11.3 Å². The Morgan fingerprint density at radius 1 is 1.60 bits per heavy atom. The minimum absolute atomic E-state index is 0.391. The molecule has 0 atom stereocenters. The average molecular weight is 203 g/mol. The maximum absolute atomic E-state index is 10.5. The zero-order chi connectivity index (χ0) is 11.3. The molecule has 0 fully saturated rings. The molecule has 0 bridgehead atoms. The van der Waals surface area contributed by atoms with Crippen LogP contribution in [0.25, 0.3) is 0 Å². The molecule has 1 rings (SSSR count). The van der Waals surface area contributed by atoms with Crippen molar-refractivity contribution >= 4 is 11.7 Å². The van der Waals surface area contributed by atoms with Gasteiger partial charge in [-0.1, -0.05) is 5.16 Å². The summed E-state index contributed by atoms with van der Waals surface area (Å²) in [6.07, 6.45) is 1.54. The lowest BCUT2D eigenvalue weighted by atomic mass is 10.1. The van der Waals surface area contributed by atoms with E-state index in [-0.39, 0.29) is 0 Å². The quantitative estimate of drug-likeness (QED) is 0.411. The number of carbonyl (C=O) groups is 1. The second-order valence-corrected chi connectivity index (χ2v) is 2.77. The number of hydrogen-bond donors (Lipinski definition) is 0. The molecule has 1 heterocycles. The van der Waals surface area contributed by atoms with Gasteiger partial charge in [-0.15, -0.1) is 0 Å². The van der Waals surface area contributed by atoms with Crippen LogP contribution in [0.5, 0.6) is 0 Å². The van der Waals surface area contributed by atoms with Gasteiger partial charge in [-0.05, 0) is 19.1 Å². The molecule has 0 saturated carbocycles. The predicted molar refractivity (Wildman–Crippen MR) is 52.9 cm³/mol. The van der Waals surface area contributed by atoms with Gasteiger partial charge in [0.25, 0.3) is 0 Å². The molecule has 0 spiro atoms. The highest BCUT2D eigenvalue weighted by Crippen LogP contribution is 2.05. The number of aromatic nitrogens is 1. The van der Waals surface area contributed by atoms with Gasteiger partial charge < -0.3 is 4.84 Å². The van der Waals surface area contributed by atoms with Crippen molar-refractivity contribution in [3.8, 4) is 6.07 Å². The summed E-state index contributed by atoms with van der Waals surface area (Å²) in [6.45, 7) is 2.87. The zero-order valence-corrected chi connectivity index (χ0v) is 8.39. The Kier molecular flexibility index (Phi) is 3.52. The highest BCUT2D eigenvalue weighted by molar-refractivity contribution is 5.98. The smallest absolute Gasteiger partial charge is 0.318 e. The van der Waals surface area contributed by atoms with Crippen LogP contribution in [-0.4, -0.2) is 16.7 Å². The van der Waals surface area contributed by atoms with E-state index in [1.54, 1.807) is 25.3 Å². The molecule has 0 unspecified atom stereocenters. The average Bonchev–Trinajstić information content (AvgIpc) is 2.25. The van der Waals surface area contributed by atoms with Crippen molar-refractivity contribution in [1.82, 2.24) is 4.98 Å². The Morgan fingerprint density at radius 2 is 2.33 bits per heavy atom. The summed E-state index contributed by atoms with van der Waals surface area (Å²) in [5.74, 6) is -0.510. The Morgan fingerprint density at radius 3 is 2.93 bits per heavy atom. The Balaban J connectivity index is 3.01. The van der Waals surface area contributed by atoms with E-state index in [4.69, 9.17) is 5.26 Å². The number of hydrogen-bond acceptors (Lipinski definition) is 5. The van der Waals surface area contributed by atoms with E-state index in [1.165, 1.54) is 6.92 Å². The first-order valence-electron chi connectivity index (χ1n) is 4.23. The van der Waals surface area contributed by atoms with Gasteiger partial charge in [-0.3, -0.25) is 4.98 Å². The van der Waals surface area contributed by atoms with Crippen LogP contribution in [-0.2, 0) is 9.63 Å². The molecule has 0 aliphatic carbocycles. The fraction of sp³-hybridized carbons (Fsp3) is 0.200. The molecule has 5 heteroatoms. The maximum Gasteiger partial charge on any atom is 0.331 e. The van der Waals surface area contributed by atoms with Gasteiger partial charge in [-0.25, -0.2) is 4.79 Å². The molecule has 1 aromatic rings. The summed E-state index contributed by atoms with van der Waals surface area (Å²) in [5.41, 5.74) is 1.20. The third kappa shape index (κ3) is 2.88. The SMILES string of the molecule is CC(=O)ON=C(C)c1ncccc1C#N. The first kappa shape index (κ1) is 10.9. The van der Waals surface area contributed by atoms with E-state index in [2.05, 4.69) is 15.0 Å². The molecule has 0 radical (unpaired) electrons. The minimum Gasteiger partial charge on any atom is -0.318 e. The monoisotopic (exact) mass is 203 g/mol. The largest absolute Gasteiger partial charge is 0.331 e. The number of nitrogens with zero attached hydrogens (tertiary/aromatic N) is 3. The zero-order valence-electron chi connectivity index (χ0n) is 8.39. The van der Waals surface area contributed by atoms with Crippen molar-refractivity contribution in [3.63, 3.8) is 0 Å². The molecule has 0 N–H and O–H groups in total. The topological polar surface area (TPSA) is 75.3 Å². The fourth-order valence-electron chi connectivity index (χ4n) is 0.960. The van der Waals surface area contributed by atoms with E-state index in [0.717, 1.165) is 0 Å². The van der Waals surface area contributed by atoms with Crippen LogP contribution in [0.4, 0.5) is 0 Å². The number of oxime groups is 1. The number of rotatable bonds is 2. The minimum atomic E-state index is -0.510. The van der Waals surface area contributed by atoms with Crippen molar-refractivity contribution in [2.45, 2.75) is 13.8 Å². The maximum atomic E-state index is 10.5. The fourth-order valence-corrected chi connectivity index (χ4v) is 0.960. The standard InChI is InChI=1S/C10H9N3O2/c1-7(13-15-8(2)14)10-9(6-11)4-3-5-12-10/h3-5H,1-2H3. The highest BCUT2D eigenvalue weighted by Gasteiger charge is 2.06. The first-order chi connectivity index (χ1) is 7.15. The Bertz CT molecular complexity index is 446. The summed E-state index contributed by atoms with van der Waals surface area (Å²) in [6, 6.07) is 5.25.